The van der Waals surface area contributed by atoms with Crippen LogP contribution in [0, 0.1) is 5.41 Å². The summed E-state index contributed by atoms with van der Waals surface area (Å²) in [5.41, 5.74) is 6.66. The number of hydrogen-bond donors (Lipinski definition) is 4. The zero-order valence-corrected chi connectivity index (χ0v) is 22.6. The SMILES string of the molecule is COC(=O)N[C@@H](CC/C=C/C(N)=O)C(=O)Cc1cccn(Cc2nc3c(C(O)C(C)(C)C)cccc3[nH]2)c1=O. The van der Waals surface area contributed by atoms with Crippen LogP contribution in [-0.2, 0) is 27.3 Å². The van der Waals surface area contributed by atoms with Crippen LogP contribution in [-0.4, -0.2) is 50.6 Å². The number of H-pyrrole nitrogens is 1. The van der Waals surface area contributed by atoms with Crippen molar-refractivity contribution in [2.75, 3.05) is 7.11 Å². The summed E-state index contributed by atoms with van der Waals surface area (Å²) < 4.78 is 6.06. The molecule has 0 saturated carbocycles. The maximum atomic E-state index is 13.2. The number of para-hydroxylation sites is 1. The van der Waals surface area contributed by atoms with Gasteiger partial charge in [-0.1, -0.05) is 45.0 Å². The van der Waals surface area contributed by atoms with Gasteiger partial charge in [-0.3, -0.25) is 14.4 Å². The third-order valence-electron chi connectivity index (χ3n) is 6.26. The molecule has 0 aliphatic carbocycles. The topological polar surface area (TPSA) is 169 Å². The van der Waals surface area contributed by atoms with E-state index < -0.39 is 24.1 Å². The Morgan fingerprint density at radius 3 is 2.64 bits per heavy atom. The van der Waals surface area contributed by atoms with E-state index in [0.717, 1.165) is 5.52 Å². The molecule has 2 atom stereocenters. The molecular weight excluding hydrogens is 502 g/mol. The van der Waals surface area contributed by atoms with Gasteiger partial charge in [0.1, 0.15) is 5.82 Å². The Labute approximate surface area is 226 Å². The Balaban J connectivity index is 1.81. The number of carbonyl (C=O) groups is 3. The summed E-state index contributed by atoms with van der Waals surface area (Å²) in [5, 5.41) is 13.3. The van der Waals surface area contributed by atoms with E-state index in [0.29, 0.717) is 23.3 Å². The van der Waals surface area contributed by atoms with E-state index in [4.69, 9.17) is 5.73 Å². The fraction of sp³-hybridized carbons (Fsp3) is 0.393. The number of allylic oxidation sites excluding steroid dienone is 1. The van der Waals surface area contributed by atoms with Crippen molar-refractivity contribution >= 4 is 28.8 Å². The molecule has 39 heavy (non-hydrogen) atoms. The highest BCUT2D eigenvalue weighted by Gasteiger charge is 2.26. The molecule has 2 heterocycles. The number of nitrogens with zero attached hydrogens (tertiary/aromatic N) is 2. The number of fused-ring (bicyclic) bond motifs is 1. The van der Waals surface area contributed by atoms with E-state index in [2.05, 4.69) is 20.0 Å². The summed E-state index contributed by atoms with van der Waals surface area (Å²) in [6.07, 6.45) is 3.08. The summed E-state index contributed by atoms with van der Waals surface area (Å²) in [4.78, 5) is 56.8. The van der Waals surface area contributed by atoms with Crippen LogP contribution in [0.5, 0.6) is 0 Å². The van der Waals surface area contributed by atoms with Crippen LogP contribution in [0.1, 0.15) is 56.7 Å². The van der Waals surface area contributed by atoms with E-state index >= 15 is 0 Å². The first-order chi connectivity index (χ1) is 18.4. The fourth-order valence-electron chi connectivity index (χ4n) is 4.16. The van der Waals surface area contributed by atoms with Gasteiger partial charge in [0.15, 0.2) is 5.78 Å². The van der Waals surface area contributed by atoms with E-state index in [9.17, 15) is 24.3 Å². The number of benzene rings is 1. The molecular formula is C28H35N5O6. The average molecular weight is 538 g/mol. The van der Waals surface area contributed by atoms with Crippen LogP contribution in [0.4, 0.5) is 4.79 Å². The second kappa shape index (κ2) is 12.5. The number of primary amides is 1. The quantitative estimate of drug-likeness (QED) is 0.272. The molecule has 0 aliphatic rings. The zero-order valence-electron chi connectivity index (χ0n) is 22.6. The highest BCUT2D eigenvalue weighted by Crippen LogP contribution is 2.35. The highest BCUT2D eigenvalue weighted by molar-refractivity contribution is 5.89. The molecule has 0 spiro atoms. The second-order valence-electron chi connectivity index (χ2n) is 10.4. The molecule has 0 bridgehead atoms. The smallest absolute Gasteiger partial charge is 0.407 e. The van der Waals surface area contributed by atoms with Crippen molar-refractivity contribution in [3.05, 3.63) is 76.0 Å². The van der Waals surface area contributed by atoms with Gasteiger partial charge in [0.05, 0.1) is 36.8 Å². The number of aromatic nitrogens is 3. The van der Waals surface area contributed by atoms with Gasteiger partial charge in [-0.05, 0) is 36.5 Å². The van der Waals surface area contributed by atoms with Gasteiger partial charge in [0.2, 0.25) is 5.91 Å². The third kappa shape index (κ3) is 7.64. The maximum Gasteiger partial charge on any atom is 0.407 e. The van der Waals surface area contributed by atoms with E-state index in [1.807, 2.05) is 39.0 Å². The first-order valence-corrected chi connectivity index (χ1v) is 12.6. The number of methoxy groups -OCH3 is 1. The number of ether oxygens (including phenoxy) is 1. The van der Waals surface area contributed by atoms with Crippen LogP contribution in [0.2, 0.25) is 0 Å². The molecule has 3 rings (SSSR count). The van der Waals surface area contributed by atoms with Crippen molar-refractivity contribution in [1.82, 2.24) is 19.9 Å². The molecule has 11 heteroatoms. The number of hydrogen-bond acceptors (Lipinski definition) is 7. The Morgan fingerprint density at radius 1 is 1.23 bits per heavy atom. The number of nitrogens with two attached hydrogens (primary N) is 1. The van der Waals surface area contributed by atoms with Crippen molar-refractivity contribution in [1.29, 1.82) is 0 Å². The van der Waals surface area contributed by atoms with Gasteiger partial charge in [0.25, 0.3) is 5.56 Å². The Kier molecular flexibility index (Phi) is 9.42. The number of aromatic amines is 1. The van der Waals surface area contributed by atoms with Crippen molar-refractivity contribution in [3.8, 4) is 0 Å². The lowest BCUT2D eigenvalue weighted by Gasteiger charge is -2.26. The minimum absolute atomic E-state index is 0.127. The van der Waals surface area contributed by atoms with Gasteiger partial charge < -0.3 is 30.4 Å². The minimum Gasteiger partial charge on any atom is -0.453 e. The number of ketones is 1. The van der Waals surface area contributed by atoms with Gasteiger partial charge in [-0.15, -0.1) is 0 Å². The van der Waals surface area contributed by atoms with Crippen molar-refractivity contribution in [2.24, 2.45) is 11.1 Å². The van der Waals surface area contributed by atoms with E-state index in [1.165, 1.54) is 23.8 Å². The van der Waals surface area contributed by atoms with E-state index in [1.54, 1.807) is 18.3 Å². The van der Waals surface area contributed by atoms with Gasteiger partial charge >= 0.3 is 6.09 Å². The molecule has 2 aromatic heterocycles. The molecule has 0 aliphatic heterocycles. The summed E-state index contributed by atoms with van der Waals surface area (Å²) >= 11 is 0. The molecule has 2 amide bonds. The number of aliphatic hydroxyl groups excluding tert-OH is 1. The average Bonchev–Trinajstić information content (AvgIpc) is 3.29. The van der Waals surface area contributed by atoms with Crippen molar-refractivity contribution < 1.29 is 24.2 Å². The van der Waals surface area contributed by atoms with Gasteiger partial charge in [0, 0.05) is 23.7 Å². The van der Waals surface area contributed by atoms with Gasteiger partial charge in [-0.2, -0.15) is 0 Å². The Hall–Kier alpha value is -4.25. The van der Waals surface area contributed by atoms with Crippen LogP contribution < -0.4 is 16.6 Å². The lowest BCUT2D eigenvalue weighted by Crippen LogP contribution is -2.42. The second-order valence-corrected chi connectivity index (χ2v) is 10.4. The number of alkyl carbamates (subject to hydrolysis) is 1. The predicted molar refractivity (Wildman–Crippen MR) is 146 cm³/mol. The van der Waals surface area contributed by atoms with E-state index in [-0.39, 0.29) is 41.7 Å². The lowest BCUT2D eigenvalue weighted by molar-refractivity contribution is -0.120. The Bertz CT molecular complexity index is 1430. The minimum atomic E-state index is -0.925. The number of Topliss-reactive ketones (excluding diaryl/α,β-unsaturated/α-hetero) is 1. The van der Waals surface area contributed by atoms with Crippen LogP contribution in [0.15, 0.2) is 53.5 Å². The molecule has 0 radical (unpaired) electrons. The number of amides is 2. The molecule has 0 saturated heterocycles. The van der Waals surface area contributed by atoms with Crippen LogP contribution in [0.3, 0.4) is 0 Å². The number of nitrogens with one attached hydrogen (secondary N) is 2. The molecule has 0 fully saturated rings. The van der Waals surface area contributed by atoms with Crippen molar-refractivity contribution in [2.45, 2.75) is 58.7 Å². The number of carbonyl (C=O) groups excluding carboxylic acids is 3. The normalized spacial score (nSPS) is 13.4. The molecule has 1 unspecified atom stereocenters. The molecule has 5 N–H and O–H groups in total. The molecule has 11 nitrogen and oxygen atoms in total. The predicted octanol–water partition coefficient (Wildman–Crippen LogP) is 2.51. The summed E-state index contributed by atoms with van der Waals surface area (Å²) in [5.74, 6) is -0.474. The van der Waals surface area contributed by atoms with Crippen LogP contribution >= 0.6 is 0 Å². The molecule has 1 aromatic carbocycles. The number of pyridine rings is 1. The van der Waals surface area contributed by atoms with Crippen molar-refractivity contribution in [3.63, 3.8) is 0 Å². The standard InChI is InChI=1S/C28H35N5O6/c1-28(2,3)25(36)18-10-7-12-20-24(18)32-23(30-20)16-33-14-8-9-17(26(33)37)15-21(34)19(31-27(38)39-4)11-5-6-13-22(29)35/h6-10,12-14,19,25,36H,5,11,15-16H2,1-4H3,(H2,29,35)(H,30,32)(H,31,38)/b13-6+/t19-,25?/m0/s1. The fourth-order valence-corrected chi connectivity index (χ4v) is 4.16. The molecule has 208 valence electrons. The van der Waals surface area contributed by atoms with Crippen LogP contribution in [0.25, 0.3) is 11.0 Å². The molecule has 3 aromatic rings. The summed E-state index contributed by atoms with van der Waals surface area (Å²) in [6.45, 7) is 5.96. The highest BCUT2D eigenvalue weighted by atomic mass is 16.5. The zero-order chi connectivity index (χ0) is 28.7. The number of aliphatic hydroxyl groups is 1. The summed E-state index contributed by atoms with van der Waals surface area (Å²) in [6, 6.07) is 7.84. The third-order valence-corrected chi connectivity index (χ3v) is 6.26. The Morgan fingerprint density at radius 2 is 1.97 bits per heavy atom. The lowest BCUT2D eigenvalue weighted by atomic mass is 9.84. The number of imidazole rings is 1. The monoisotopic (exact) mass is 537 g/mol. The first kappa shape index (κ1) is 29.3. The first-order valence-electron chi connectivity index (χ1n) is 12.6. The maximum absolute atomic E-state index is 13.2. The number of rotatable bonds is 11. The largest absolute Gasteiger partial charge is 0.453 e. The summed E-state index contributed by atoms with van der Waals surface area (Å²) in [7, 11) is 1.19. The van der Waals surface area contributed by atoms with Gasteiger partial charge in [-0.25, -0.2) is 9.78 Å².